The van der Waals surface area contributed by atoms with Crippen LogP contribution in [0.4, 0.5) is 10.1 Å². The minimum Gasteiger partial charge on any atom is -0.495 e. The number of methoxy groups -OCH3 is 1. The summed E-state index contributed by atoms with van der Waals surface area (Å²) < 4.78 is 42.8. The molecule has 2 atom stereocenters. The van der Waals surface area contributed by atoms with Gasteiger partial charge in [-0.2, -0.15) is 0 Å². The summed E-state index contributed by atoms with van der Waals surface area (Å²) in [5.74, 6) is 1.19. The van der Waals surface area contributed by atoms with Gasteiger partial charge >= 0.3 is 0 Å². The zero-order valence-corrected chi connectivity index (χ0v) is 16.3. The second-order valence-electron chi connectivity index (χ2n) is 6.58. The van der Waals surface area contributed by atoms with Crippen LogP contribution in [-0.2, 0) is 15.6 Å². The molecular formula is C19H19FN2O3S2. The van der Waals surface area contributed by atoms with Gasteiger partial charge in [-0.25, -0.2) is 12.8 Å². The van der Waals surface area contributed by atoms with Crippen molar-refractivity contribution < 1.29 is 17.5 Å². The molecule has 5 nitrogen and oxygen atoms in total. The molecule has 142 valence electrons. The number of para-hydroxylation sites is 2. The number of amidine groups is 1. The molecule has 27 heavy (non-hydrogen) atoms. The number of benzene rings is 2. The molecule has 0 aliphatic carbocycles. The fourth-order valence-corrected chi connectivity index (χ4v) is 6.39. The molecule has 0 radical (unpaired) electrons. The molecule has 0 spiro atoms. The Morgan fingerprint density at radius 3 is 2.67 bits per heavy atom. The minimum absolute atomic E-state index is 0.0733. The number of ether oxygens (including phenoxy) is 1. The number of rotatable bonds is 4. The van der Waals surface area contributed by atoms with Crippen molar-refractivity contribution >= 4 is 32.5 Å². The Morgan fingerprint density at radius 2 is 1.93 bits per heavy atom. The van der Waals surface area contributed by atoms with Gasteiger partial charge in [-0.05, 0) is 29.8 Å². The highest BCUT2D eigenvalue weighted by atomic mass is 32.2. The average Bonchev–Trinajstić information content (AvgIpc) is 3.12. The monoisotopic (exact) mass is 406 g/mol. The van der Waals surface area contributed by atoms with Gasteiger partial charge in [0.15, 0.2) is 15.0 Å². The fourth-order valence-electron chi connectivity index (χ4n) is 3.47. The van der Waals surface area contributed by atoms with Crippen LogP contribution in [-0.4, -0.2) is 44.3 Å². The quantitative estimate of drug-likeness (QED) is 0.781. The maximum absolute atomic E-state index is 13.1. The van der Waals surface area contributed by atoms with Crippen LogP contribution in [0.25, 0.3) is 0 Å². The lowest BCUT2D eigenvalue weighted by atomic mass is 10.1. The molecule has 2 aromatic carbocycles. The highest BCUT2D eigenvalue weighted by molar-refractivity contribution is 8.13. The van der Waals surface area contributed by atoms with E-state index in [1.54, 1.807) is 19.2 Å². The van der Waals surface area contributed by atoms with E-state index in [2.05, 4.69) is 0 Å². The molecule has 0 saturated carbocycles. The van der Waals surface area contributed by atoms with Gasteiger partial charge in [-0.3, -0.25) is 4.99 Å². The van der Waals surface area contributed by atoms with Crippen molar-refractivity contribution in [3.63, 3.8) is 0 Å². The Balaban J connectivity index is 1.64. The van der Waals surface area contributed by atoms with Crippen molar-refractivity contribution in [2.24, 2.45) is 4.99 Å². The summed E-state index contributed by atoms with van der Waals surface area (Å²) in [6.45, 7) is 0. The number of hydrogen-bond donors (Lipinski definition) is 0. The smallest absolute Gasteiger partial charge is 0.164 e. The molecule has 2 heterocycles. The van der Waals surface area contributed by atoms with Gasteiger partial charge in [0, 0.05) is 5.75 Å². The first kappa shape index (κ1) is 18.3. The molecule has 1 saturated heterocycles. The summed E-state index contributed by atoms with van der Waals surface area (Å²) in [6, 6.07) is 13.4. The molecule has 4 rings (SSSR count). The molecule has 2 aliphatic heterocycles. The molecule has 8 heteroatoms. The van der Waals surface area contributed by atoms with Crippen molar-refractivity contribution in [2.45, 2.75) is 17.8 Å². The van der Waals surface area contributed by atoms with Gasteiger partial charge in [-0.1, -0.05) is 36.0 Å². The molecular weight excluding hydrogens is 387 g/mol. The van der Waals surface area contributed by atoms with Crippen LogP contribution in [0, 0.1) is 5.82 Å². The van der Waals surface area contributed by atoms with Crippen LogP contribution in [0.5, 0.6) is 5.75 Å². The second-order valence-corrected chi connectivity index (χ2v) is 9.68. The molecule has 0 N–H and O–H groups in total. The van der Waals surface area contributed by atoms with Crippen molar-refractivity contribution in [2.75, 3.05) is 23.5 Å². The van der Waals surface area contributed by atoms with Crippen molar-refractivity contribution in [3.05, 3.63) is 59.9 Å². The topological polar surface area (TPSA) is 59.0 Å². The Bertz CT molecular complexity index is 977. The van der Waals surface area contributed by atoms with Crippen molar-refractivity contribution in [3.8, 4) is 5.75 Å². The van der Waals surface area contributed by atoms with Crippen molar-refractivity contribution in [1.82, 2.24) is 0 Å². The minimum atomic E-state index is -3.10. The molecule has 0 bridgehead atoms. The van der Waals surface area contributed by atoms with Gasteiger partial charge in [0.25, 0.3) is 0 Å². The summed E-state index contributed by atoms with van der Waals surface area (Å²) in [5, 5.41) is 0.772. The average molecular weight is 407 g/mol. The normalized spacial score (nSPS) is 23.2. The first-order valence-electron chi connectivity index (χ1n) is 8.54. The number of aliphatic imine (C=N–C) groups is 1. The summed E-state index contributed by atoms with van der Waals surface area (Å²) in [5.41, 5.74) is 1.80. The maximum atomic E-state index is 13.1. The van der Waals surface area contributed by atoms with E-state index >= 15 is 0 Å². The summed E-state index contributed by atoms with van der Waals surface area (Å²) in [7, 11) is -1.50. The van der Waals surface area contributed by atoms with Crippen LogP contribution in [0.15, 0.2) is 53.5 Å². The first-order chi connectivity index (χ1) is 13.0. The molecule has 0 unspecified atom stereocenters. The van der Waals surface area contributed by atoms with E-state index in [1.807, 2.05) is 29.2 Å². The van der Waals surface area contributed by atoms with Crippen LogP contribution in [0.3, 0.4) is 0 Å². The number of anilines is 1. The molecule has 0 amide bonds. The van der Waals surface area contributed by atoms with Crippen LogP contribution in [0.2, 0.25) is 0 Å². The van der Waals surface area contributed by atoms with E-state index in [0.29, 0.717) is 11.5 Å². The Hall–Kier alpha value is -2.06. The number of thioether (sulfide) groups is 1. The highest BCUT2D eigenvalue weighted by Crippen LogP contribution is 2.39. The van der Waals surface area contributed by atoms with Gasteiger partial charge in [0.1, 0.15) is 11.6 Å². The third-order valence-electron chi connectivity index (χ3n) is 4.73. The van der Waals surface area contributed by atoms with Gasteiger partial charge in [-0.15, -0.1) is 0 Å². The van der Waals surface area contributed by atoms with E-state index in [9.17, 15) is 12.8 Å². The van der Waals surface area contributed by atoms with E-state index < -0.39 is 9.84 Å². The number of sulfone groups is 1. The predicted octanol–water partition coefficient (Wildman–Crippen LogP) is 3.11. The fraction of sp³-hybridized carbons (Fsp3) is 0.316. The lowest BCUT2D eigenvalue weighted by Crippen LogP contribution is -2.39. The summed E-state index contributed by atoms with van der Waals surface area (Å²) in [4.78, 5) is 6.70. The molecule has 1 fully saturated rings. The maximum Gasteiger partial charge on any atom is 0.164 e. The molecule has 2 aromatic rings. The van der Waals surface area contributed by atoms with E-state index in [-0.39, 0.29) is 29.4 Å². The predicted molar refractivity (Wildman–Crippen MR) is 107 cm³/mol. The van der Waals surface area contributed by atoms with E-state index in [4.69, 9.17) is 9.73 Å². The number of halogens is 1. The summed E-state index contributed by atoms with van der Waals surface area (Å²) in [6.07, 6.45) is 0. The Morgan fingerprint density at radius 1 is 1.19 bits per heavy atom. The van der Waals surface area contributed by atoms with Crippen LogP contribution >= 0.6 is 11.8 Å². The van der Waals surface area contributed by atoms with E-state index in [1.165, 1.54) is 23.9 Å². The SMILES string of the molecule is COc1ccccc1N1C(SCc2ccc(F)cc2)=N[C@H]2CS(=O)(=O)C[C@@H]21. The molecule has 2 aliphatic rings. The zero-order chi connectivity index (χ0) is 19.0. The summed E-state index contributed by atoms with van der Waals surface area (Å²) >= 11 is 1.53. The van der Waals surface area contributed by atoms with Gasteiger partial charge < -0.3 is 9.64 Å². The third-order valence-corrected chi connectivity index (χ3v) is 7.47. The first-order valence-corrected chi connectivity index (χ1v) is 11.4. The van der Waals surface area contributed by atoms with Gasteiger partial charge in [0.2, 0.25) is 0 Å². The molecule has 0 aromatic heterocycles. The van der Waals surface area contributed by atoms with Crippen LogP contribution in [0.1, 0.15) is 5.56 Å². The third kappa shape index (κ3) is 3.68. The number of fused-ring (bicyclic) bond motifs is 1. The Labute approximate surface area is 162 Å². The standard InChI is InChI=1S/C19H19FN2O3S2/c1-25-18-5-3-2-4-16(18)22-17-12-27(23,24)11-15(17)21-19(22)26-10-13-6-8-14(20)9-7-13/h2-9,15,17H,10-12H2,1H3/t15-,17-/m0/s1. The van der Waals surface area contributed by atoms with Gasteiger partial charge in [0.05, 0.1) is 36.4 Å². The number of hydrogen-bond acceptors (Lipinski definition) is 6. The number of nitrogens with zero attached hydrogens (tertiary/aromatic N) is 2. The second kappa shape index (κ2) is 7.16. The largest absolute Gasteiger partial charge is 0.495 e. The highest BCUT2D eigenvalue weighted by Gasteiger charge is 2.47. The zero-order valence-electron chi connectivity index (χ0n) is 14.7. The lowest BCUT2D eigenvalue weighted by molar-refractivity contribution is 0.415. The van der Waals surface area contributed by atoms with Crippen LogP contribution < -0.4 is 9.64 Å². The lowest BCUT2D eigenvalue weighted by Gasteiger charge is -2.27. The van der Waals surface area contributed by atoms with E-state index in [0.717, 1.165) is 16.4 Å². The Kier molecular flexibility index (Phi) is 4.86. The van der Waals surface area contributed by atoms with Crippen molar-refractivity contribution in [1.29, 1.82) is 0 Å².